The lowest BCUT2D eigenvalue weighted by molar-refractivity contribution is -0.288. The zero-order valence-corrected chi connectivity index (χ0v) is 12.6. The molecule has 1 saturated heterocycles. The molecule has 132 valence electrons. The minimum Gasteiger partial charge on any atom is -0.467 e. The molecule has 1 aromatic heterocycles. The summed E-state index contributed by atoms with van der Waals surface area (Å²) in [5, 5.41) is 13.9. The number of hydrogen-bond donors (Lipinski definition) is 3. The lowest BCUT2D eigenvalue weighted by Gasteiger charge is -2.44. The number of alkyl halides is 3. The van der Waals surface area contributed by atoms with Gasteiger partial charge in [-0.3, -0.25) is 4.79 Å². The molecular weight excluding hydrogens is 341 g/mol. The highest BCUT2D eigenvalue weighted by molar-refractivity contribution is 6.00. The lowest BCUT2D eigenvalue weighted by Crippen LogP contribution is -2.72. The molecule has 0 unspecified atom stereocenters. The molecule has 1 aromatic carbocycles. The maximum Gasteiger partial charge on any atom is 0.437 e. The van der Waals surface area contributed by atoms with Crippen LogP contribution in [0.1, 0.15) is 22.2 Å². The Hall–Kier alpha value is -2.81. The fraction of sp³-hybridized carbons (Fsp3) is 0.250. The third-order valence-corrected chi connectivity index (χ3v) is 4.00. The molecule has 2 heterocycles. The molecule has 1 fully saturated rings. The Balaban J connectivity index is 2.14. The zero-order chi connectivity index (χ0) is 18.2. The first-order valence-electron chi connectivity index (χ1n) is 7.24. The number of carbonyl (C=O) groups is 2. The van der Waals surface area contributed by atoms with Crippen LogP contribution in [0.15, 0.2) is 53.1 Å². The van der Waals surface area contributed by atoms with Crippen molar-refractivity contribution in [1.29, 1.82) is 0 Å². The second kappa shape index (κ2) is 5.92. The van der Waals surface area contributed by atoms with Gasteiger partial charge in [-0.05, 0) is 12.1 Å². The van der Waals surface area contributed by atoms with Gasteiger partial charge >= 0.3 is 12.2 Å². The highest BCUT2D eigenvalue weighted by Crippen LogP contribution is 2.43. The van der Waals surface area contributed by atoms with Gasteiger partial charge in [0.2, 0.25) is 5.72 Å². The van der Waals surface area contributed by atoms with Gasteiger partial charge in [0.05, 0.1) is 6.26 Å². The molecule has 3 N–H and O–H groups in total. The molecule has 1 aliphatic heterocycles. The van der Waals surface area contributed by atoms with Crippen molar-refractivity contribution < 1.29 is 32.3 Å². The predicted octanol–water partition coefficient (Wildman–Crippen LogP) is 2.38. The van der Waals surface area contributed by atoms with Crippen LogP contribution in [0, 0.1) is 5.92 Å². The number of benzene rings is 1. The molecule has 3 atom stereocenters. The Labute approximate surface area is 139 Å². The largest absolute Gasteiger partial charge is 0.467 e. The van der Waals surface area contributed by atoms with Crippen LogP contribution >= 0.6 is 0 Å². The second-order valence-electron chi connectivity index (χ2n) is 5.56. The Bertz CT molecular complexity index is 776. The van der Waals surface area contributed by atoms with Crippen LogP contribution in [-0.2, 0) is 0 Å². The monoisotopic (exact) mass is 354 g/mol. The predicted molar refractivity (Wildman–Crippen MR) is 78.4 cm³/mol. The van der Waals surface area contributed by atoms with E-state index in [1.807, 2.05) is 0 Å². The number of Topliss-reactive ketones (excluding diaryl/α,β-unsaturated/α-hetero) is 1. The number of rotatable bonds is 3. The molecule has 2 aromatic rings. The molecule has 2 amide bonds. The van der Waals surface area contributed by atoms with E-state index in [1.54, 1.807) is 6.07 Å². The van der Waals surface area contributed by atoms with E-state index in [0.717, 1.165) is 0 Å². The van der Waals surface area contributed by atoms with E-state index in [-0.39, 0.29) is 11.3 Å². The molecular formula is C16H13F3N2O4. The van der Waals surface area contributed by atoms with Gasteiger partial charge in [0.25, 0.3) is 0 Å². The number of carbonyl (C=O) groups excluding carboxylic acids is 2. The van der Waals surface area contributed by atoms with Gasteiger partial charge in [0.1, 0.15) is 17.7 Å². The van der Waals surface area contributed by atoms with Gasteiger partial charge in [0, 0.05) is 5.56 Å². The Kier molecular flexibility index (Phi) is 4.03. The normalized spacial score (nSPS) is 26.6. The summed E-state index contributed by atoms with van der Waals surface area (Å²) >= 11 is 0. The number of amides is 2. The van der Waals surface area contributed by atoms with E-state index in [1.165, 1.54) is 48.0 Å². The first kappa shape index (κ1) is 17.0. The number of hydrogen-bond acceptors (Lipinski definition) is 4. The van der Waals surface area contributed by atoms with Gasteiger partial charge in [-0.2, -0.15) is 13.2 Å². The number of furan rings is 1. The van der Waals surface area contributed by atoms with Gasteiger partial charge in [-0.25, -0.2) is 4.79 Å². The topological polar surface area (TPSA) is 91.6 Å². The Morgan fingerprint density at radius 1 is 1.16 bits per heavy atom. The van der Waals surface area contributed by atoms with E-state index in [9.17, 15) is 27.9 Å². The number of ketones is 1. The molecule has 3 rings (SSSR count). The molecule has 0 radical (unpaired) electrons. The van der Waals surface area contributed by atoms with Crippen LogP contribution in [0.5, 0.6) is 0 Å². The highest BCUT2D eigenvalue weighted by Gasteiger charge is 2.66. The molecule has 25 heavy (non-hydrogen) atoms. The minimum atomic E-state index is -5.29. The van der Waals surface area contributed by atoms with Gasteiger partial charge in [-0.15, -0.1) is 0 Å². The fourth-order valence-corrected chi connectivity index (χ4v) is 2.83. The maximum absolute atomic E-state index is 13.6. The summed E-state index contributed by atoms with van der Waals surface area (Å²) in [6, 6.07) is 7.17. The quantitative estimate of drug-likeness (QED) is 0.738. The number of aliphatic hydroxyl groups is 1. The molecule has 9 heteroatoms. The Morgan fingerprint density at radius 2 is 1.84 bits per heavy atom. The summed E-state index contributed by atoms with van der Waals surface area (Å²) in [4.78, 5) is 24.5. The van der Waals surface area contributed by atoms with Crippen molar-refractivity contribution in [1.82, 2.24) is 10.6 Å². The van der Waals surface area contributed by atoms with E-state index in [0.29, 0.717) is 0 Å². The van der Waals surface area contributed by atoms with Crippen molar-refractivity contribution in [3.8, 4) is 0 Å². The molecule has 0 aliphatic carbocycles. The van der Waals surface area contributed by atoms with Crippen molar-refractivity contribution in [2.75, 3.05) is 0 Å². The summed E-state index contributed by atoms with van der Waals surface area (Å²) in [6.45, 7) is 0. The van der Waals surface area contributed by atoms with Crippen LogP contribution in [0.2, 0.25) is 0 Å². The molecule has 1 aliphatic rings. The first-order valence-corrected chi connectivity index (χ1v) is 7.24. The highest BCUT2D eigenvalue weighted by atomic mass is 19.4. The van der Waals surface area contributed by atoms with E-state index in [2.05, 4.69) is 5.32 Å². The Morgan fingerprint density at radius 3 is 2.40 bits per heavy atom. The summed E-state index contributed by atoms with van der Waals surface area (Å²) in [6.07, 6.45) is -4.09. The fourth-order valence-electron chi connectivity index (χ4n) is 2.83. The van der Waals surface area contributed by atoms with Crippen molar-refractivity contribution in [3.05, 3.63) is 60.1 Å². The van der Waals surface area contributed by atoms with Crippen molar-refractivity contribution in [2.24, 2.45) is 5.92 Å². The smallest absolute Gasteiger partial charge is 0.437 e. The van der Waals surface area contributed by atoms with Crippen LogP contribution in [-0.4, -0.2) is 28.8 Å². The maximum atomic E-state index is 13.6. The van der Waals surface area contributed by atoms with Crippen molar-refractivity contribution in [3.63, 3.8) is 0 Å². The SMILES string of the molecule is O=C1N[C@@H](c2ccco2)[C@H](C(=O)c2ccccc2)[C@@](O)(C(F)(F)F)N1. The van der Waals surface area contributed by atoms with Gasteiger partial charge in [0.15, 0.2) is 5.78 Å². The number of nitrogens with one attached hydrogen (secondary N) is 2. The van der Waals surface area contributed by atoms with Gasteiger partial charge in [-0.1, -0.05) is 30.3 Å². The summed E-state index contributed by atoms with van der Waals surface area (Å²) in [5.74, 6) is -3.15. The number of urea groups is 1. The molecule has 6 nitrogen and oxygen atoms in total. The van der Waals surface area contributed by atoms with E-state index < -0.39 is 35.7 Å². The second-order valence-corrected chi connectivity index (χ2v) is 5.56. The summed E-state index contributed by atoms with van der Waals surface area (Å²) < 4.78 is 45.8. The van der Waals surface area contributed by atoms with Crippen LogP contribution in [0.25, 0.3) is 0 Å². The van der Waals surface area contributed by atoms with Crippen LogP contribution < -0.4 is 10.6 Å². The van der Waals surface area contributed by atoms with Crippen LogP contribution in [0.3, 0.4) is 0 Å². The van der Waals surface area contributed by atoms with Crippen molar-refractivity contribution in [2.45, 2.75) is 17.9 Å². The molecule has 0 spiro atoms. The van der Waals surface area contributed by atoms with E-state index in [4.69, 9.17) is 4.42 Å². The van der Waals surface area contributed by atoms with Crippen molar-refractivity contribution >= 4 is 11.8 Å². The standard InChI is InChI=1S/C16H13F3N2O4/c17-16(18,19)15(24)11(13(22)9-5-2-1-3-6-9)12(20-14(23)21-15)10-7-4-8-25-10/h1-8,11-12,24H,(H2,20,21,23)/t11-,12+,15-/m1/s1. The number of halogens is 3. The average Bonchev–Trinajstić information content (AvgIpc) is 3.08. The lowest BCUT2D eigenvalue weighted by atomic mass is 9.79. The summed E-state index contributed by atoms with van der Waals surface area (Å²) in [5.41, 5.74) is -3.79. The molecule has 0 saturated carbocycles. The zero-order valence-electron chi connectivity index (χ0n) is 12.6. The van der Waals surface area contributed by atoms with Gasteiger partial charge < -0.3 is 20.2 Å². The first-order chi connectivity index (χ1) is 11.7. The average molecular weight is 354 g/mol. The van der Waals surface area contributed by atoms with E-state index >= 15 is 0 Å². The molecule has 0 bridgehead atoms. The van der Waals surface area contributed by atoms with Crippen LogP contribution in [0.4, 0.5) is 18.0 Å². The third kappa shape index (κ3) is 2.86. The minimum absolute atomic E-state index is 0.0373. The summed E-state index contributed by atoms with van der Waals surface area (Å²) in [7, 11) is 0. The third-order valence-electron chi connectivity index (χ3n) is 4.00.